The lowest BCUT2D eigenvalue weighted by molar-refractivity contribution is -0.133. The Hall–Kier alpha value is -0.720. The van der Waals surface area contributed by atoms with Gasteiger partial charge in [-0.1, -0.05) is 6.92 Å². The molecule has 1 aliphatic heterocycles. The number of sulfone groups is 1. The summed E-state index contributed by atoms with van der Waals surface area (Å²) in [6.07, 6.45) is 3.15. The molecule has 0 bridgehead atoms. The van der Waals surface area contributed by atoms with Gasteiger partial charge in [-0.2, -0.15) is 0 Å². The molecule has 0 aromatic heterocycles. The fourth-order valence-corrected chi connectivity index (χ4v) is 5.28. The molecule has 3 rings (SSSR count). The number of likely N-dealkylation sites (tertiary alicyclic amines) is 1. The number of hydrogen-bond acceptors (Lipinski definition) is 3. The number of piperidine rings is 1. The van der Waals surface area contributed by atoms with Gasteiger partial charge in [0.1, 0.15) is 9.84 Å². The molecule has 4 nitrogen and oxygen atoms in total. The number of nitrogens with zero attached hydrogens (tertiary/aromatic N) is 1. The largest absolute Gasteiger partial charge is 0.342 e. The van der Waals surface area contributed by atoms with Crippen LogP contribution in [0.5, 0.6) is 0 Å². The summed E-state index contributed by atoms with van der Waals surface area (Å²) in [5.41, 5.74) is -1.37. The van der Waals surface area contributed by atoms with Gasteiger partial charge in [0.05, 0.1) is 11.7 Å². The van der Waals surface area contributed by atoms with Gasteiger partial charge in [0, 0.05) is 31.2 Å². The third kappa shape index (κ3) is 2.47. The van der Waals surface area contributed by atoms with Crippen molar-refractivity contribution in [3.63, 3.8) is 0 Å². The van der Waals surface area contributed by atoms with E-state index in [9.17, 15) is 22.0 Å². The van der Waals surface area contributed by atoms with Crippen LogP contribution in [0.15, 0.2) is 0 Å². The molecule has 0 spiro atoms. The van der Waals surface area contributed by atoms with Crippen LogP contribution in [-0.4, -0.2) is 50.2 Å². The summed E-state index contributed by atoms with van der Waals surface area (Å²) < 4.78 is 50.2. The highest BCUT2D eigenvalue weighted by Crippen LogP contribution is 2.69. The molecule has 1 heterocycles. The highest BCUT2D eigenvalue weighted by molar-refractivity contribution is 7.90. The van der Waals surface area contributed by atoms with Crippen molar-refractivity contribution in [3.8, 4) is 0 Å². The van der Waals surface area contributed by atoms with E-state index in [0.717, 1.165) is 12.8 Å². The quantitative estimate of drug-likeness (QED) is 0.792. The molecule has 1 saturated heterocycles. The van der Waals surface area contributed by atoms with Gasteiger partial charge in [0.25, 0.3) is 5.92 Å². The van der Waals surface area contributed by atoms with Crippen LogP contribution in [0.1, 0.15) is 32.6 Å². The van der Waals surface area contributed by atoms with Crippen molar-refractivity contribution in [1.29, 1.82) is 0 Å². The SMILES string of the molecule is CC12CCN(C(=O)CC3(CS(C)(=O)=O)CC3)CC1C2(F)F. The summed E-state index contributed by atoms with van der Waals surface area (Å²) in [5, 5.41) is 0. The molecule has 3 fully saturated rings. The first-order valence-corrected chi connectivity index (χ1v) is 9.39. The number of carbonyl (C=O) groups excluding carboxylic acids is 1. The fraction of sp³-hybridized carbons (Fsp3) is 0.929. The van der Waals surface area contributed by atoms with Crippen molar-refractivity contribution in [1.82, 2.24) is 4.90 Å². The van der Waals surface area contributed by atoms with Crippen molar-refractivity contribution in [3.05, 3.63) is 0 Å². The highest BCUT2D eigenvalue weighted by Gasteiger charge is 2.78. The molecule has 120 valence electrons. The van der Waals surface area contributed by atoms with Gasteiger partial charge in [-0.25, -0.2) is 17.2 Å². The Balaban J connectivity index is 1.61. The standard InChI is InChI=1S/C14H21F2NO3S/c1-12-5-6-17(8-10(12)14(12,15)16)11(18)7-13(3-4-13)9-21(2,19)20/h10H,3-9H2,1-2H3. The zero-order valence-electron chi connectivity index (χ0n) is 12.4. The Labute approximate surface area is 123 Å². The second kappa shape index (κ2) is 4.18. The minimum absolute atomic E-state index is 0.0247. The summed E-state index contributed by atoms with van der Waals surface area (Å²) in [6, 6.07) is 0. The average molecular weight is 321 g/mol. The predicted octanol–water partition coefficient (Wildman–Crippen LogP) is 1.70. The van der Waals surface area contributed by atoms with Crippen molar-refractivity contribution in [2.24, 2.45) is 16.7 Å². The minimum Gasteiger partial charge on any atom is -0.342 e. The van der Waals surface area contributed by atoms with Crippen molar-refractivity contribution >= 4 is 15.7 Å². The highest BCUT2D eigenvalue weighted by atomic mass is 32.2. The van der Waals surface area contributed by atoms with E-state index in [4.69, 9.17) is 0 Å². The summed E-state index contributed by atoms with van der Waals surface area (Å²) in [6.45, 7) is 2.05. The van der Waals surface area contributed by atoms with Crippen LogP contribution in [0.3, 0.4) is 0 Å². The van der Waals surface area contributed by atoms with Crippen molar-refractivity contribution < 1.29 is 22.0 Å². The predicted molar refractivity (Wildman–Crippen MR) is 73.7 cm³/mol. The van der Waals surface area contributed by atoms with Gasteiger partial charge < -0.3 is 4.90 Å². The van der Waals surface area contributed by atoms with Gasteiger partial charge in [0.15, 0.2) is 0 Å². The molecular formula is C14H21F2NO3S. The first kappa shape index (κ1) is 15.2. The second-order valence-corrected chi connectivity index (χ2v) is 9.57. The van der Waals surface area contributed by atoms with Gasteiger partial charge in [-0.05, 0) is 24.7 Å². The number of carbonyl (C=O) groups is 1. The maximum Gasteiger partial charge on any atom is 0.259 e. The van der Waals surface area contributed by atoms with Gasteiger partial charge >= 0.3 is 0 Å². The van der Waals surface area contributed by atoms with Crippen LogP contribution in [0.4, 0.5) is 8.78 Å². The number of hydrogen-bond donors (Lipinski definition) is 0. The van der Waals surface area contributed by atoms with E-state index in [2.05, 4.69) is 0 Å². The molecule has 2 aliphatic carbocycles. The number of amides is 1. The Morgan fingerprint density at radius 2 is 1.90 bits per heavy atom. The summed E-state index contributed by atoms with van der Waals surface area (Å²) in [4.78, 5) is 13.8. The minimum atomic E-state index is -3.12. The molecule has 2 saturated carbocycles. The molecule has 2 atom stereocenters. The monoisotopic (exact) mass is 321 g/mol. The third-order valence-corrected chi connectivity index (χ3v) is 6.73. The maximum absolute atomic E-state index is 13.7. The molecule has 3 aliphatic rings. The number of rotatable bonds is 4. The van der Waals surface area contributed by atoms with E-state index in [1.54, 1.807) is 6.92 Å². The molecular weight excluding hydrogens is 300 g/mol. The zero-order chi connectivity index (χ0) is 15.7. The van der Waals surface area contributed by atoms with E-state index in [0.29, 0.717) is 13.0 Å². The Morgan fingerprint density at radius 1 is 1.29 bits per heavy atom. The molecule has 0 aromatic rings. The lowest BCUT2D eigenvalue weighted by Crippen LogP contribution is -2.40. The normalized spacial score (nSPS) is 36.0. The summed E-state index contributed by atoms with van der Waals surface area (Å²) in [7, 11) is -3.12. The molecule has 0 radical (unpaired) electrons. The van der Waals surface area contributed by atoms with E-state index in [1.165, 1.54) is 11.2 Å². The lowest BCUT2D eigenvalue weighted by Gasteiger charge is -2.30. The first-order valence-electron chi connectivity index (χ1n) is 7.33. The summed E-state index contributed by atoms with van der Waals surface area (Å²) >= 11 is 0. The second-order valence-electron chi connectivity index (χ2n) is 7.43. The summed E-state index contributed by atoms with van der Waals surface area (Å²) in [5.74, 6) is -3.53. The molecule has 2 unspecified atom stereocenters. The Morgan fingerprint density at radius 3 is 2.38 bits per heavy atom. The van der Waals surface area contributed by atoms with E-state index < -0.39 is 32.5 Å². The zero-order valence-corrected chi connectivity index (χ0v) is 13.2. The van der Waals surface area contributed by atoms with Crippen LogP contribution in [-0.2, 0) is 14.6 Å². The van der Waals surface area contributed by atoms with E-state index >= 15 is 0 Å². The van der Waals surface area contributed by atoms with Crippen LogP contribution in [0.2, 0.25) is 0 Å². The van der Waals surface area contributed by atoms with Gasteiger partial charge in [-0.15, -0.1) is 0 Å². The van der Waals surface area contributed by atoms with E-state index in [1.807, 2.05) is 0 Å². The van der Waals surface area contributed by atoms with Crippen LogP contribution in [0.25, 0.3) is 0 Å². The van der Waals surface area contributed by atoms with Crippen molar-refractivity contribution in [2.45, 2.75) is 38.5 Å². The molecule has 21 heavy (non-hydrogen) atoms. The number of halogens is 2. The van der Waals surface area contributed by atoms with E-state index in [-0.39, 0.29) is 24.6 Å². The number of alkyl halides is 2. The molecule has 0 aromatic carbocycles. The lowest BCUT2D eigenvalue weighted by atomic mass is 9.96. The van der Waals surface area contributed by atoms with Crippen LogP contribution in [0, 0.1) is 16.7 Å². The third-order valence-electron chi connectivity index (χ3n) is 5.59. The first-order chi connectivity index (χ1) is 9.49. The van der Waals surface area contributed by atoms with Crippen LogP contribution >= 0.6 is 0 Å². The topological polar surface area (TPSA) is 54.5 Å². The Kier molecular flexibility index (Phi) is 3.02. The Bertz CT molecular complexity index is 585. The smallest absolute Gasteiger partial charge is 0.259 e. The number of fused-ring (bicyclic) bond motifs is 1. The maximum atomic E-state index is 13.7. The fourth-order valence-electron chi connectivity index (χ4n) is 3.77. The van der Waals surface area contributed by atoms with Crippen molar-refractivity contribution in [2.75, 3.05) is 25.1 Å². The van der Waals surface area contributed by atoms with Gasteiger partial charge in [-0.3, -0.25) is 4.79 Å². The molecule has 1 amide bonds. The molecule has 7 heteroatoms. The average Bonchev–Trinajstić information content (AvgIpc) is 3.15. The molecule has 0 N–H and O–H groups in total. The van der Waals surface area contributed by atoms with Crippen LogP contribution < -0.4 is 0 Å². The van der Waals surface area contributed by atoms with Gasteiger partial charge in [0.2, 0.25) is 5.91 Å².